The number of carbonyl (C=O) groups is 2. The van der Waals surface area contributed by atoms with E-state index >= 15 is 0 Å². The van der Waals surface area contributed by atoms with Gasteiger partial charge in [0.15, 0.2) is 0 Å². The Hall–Kier alpha value is -3.06. The van der Waals surface area contributed by atoms with Crippen LogP contribution in [0.5, 0.6) is 5.75 Å². The first-order chi connectivity index (χ1) is 14.4. The largest absolute Gasteiger partial charge is 0.494 e. The Morgan fingerprint density at radius 1 is 1.10 bits per heavy atom. The number of rotatable bonds is 7. The van der Waals surface area contributed by atoms with Crippen LogP contribution >= 0.6 is 11.8 Å². The highest BCUT2D eigenvalue weighted by Gasteiger charge is 2.20. The number of thioether (sulfide) groups is 1. The van der Waals surface area contributed by atoms with E-state index in [2.05, 4.69) is 10.6 Å². The predicted molar refractivity (Wildman–Crippen MR) is 122 cm³/mol. The number of methoxy groups -OCH3 is 1. The van der Waals surface area contributed by atoms with Crippen molar-refractivity contribution < 1.29 is 14.3 Å². The molecular weight excluding hydrogens is 398 g/mol. The Morgan fingerprint density at radius 3 is 2.37 bits per heavy atom. The highest BCUT2D eigenvalue weighted by molar-refractivity contribution is 8.00. The summed E-state index contributed by atoms with van der Waals surface area (Å²) in [5, 5.41) is 7.18. The third-order valence-corrected chi connectivity index (χ3v) is 5.89. The summed E-state index contributed by atoms with van der Waals surface area (Å²) in [6.45, 7) is 5.47. The fourth-order valence-corrected chi connectivity index (χ4v) is 4.13. The minimum absolute atomic E-state index is 0.0886. The Kier molecular flexibility index (Phi) is 6.95. The van der Waals surface area contributed by atoms with Gasteiger partial charge >= 0.3 is 0 Å². The number of nitrogens with one attached hydrogen (secondary N) is 2. The van der Waals surface area contributed by atoms with Gasteiger partial charge < -0.3 is 15.4 Å². The third kappa shape index (κ3) is 5.10. The number of anilines is 2. The molecule has 156 valence electrons. The van der Waals surface area contributed by atoms with Crippen molar-refractivity contribution >= 4 is 45.9 Å². The molecule has 0 fully saturated rings. The number of nitrogens with zero attached hydrogens (tertiary/aromatic N) is 1. The van der Waals surface area contributed by atoms with E-state index in [1.807, 2.05) is 38.1 Å². The van der Waals surface area contributed by atoms with Crippen LogP contribution in [0.2, 0.25) is 0 Å². The summed E-state index contributed by atoms with van der Waals surface area (Å²) in [6, 6.07) is 14.9. The van der Waals surface area contributed by atoms with E-state index in [0.29, 0.717) is 17.8 Å². The molecule has 30 heavy (non-hydrogen) atoms. The van der Waals surface area contributed by atoms with Crippen LogP contribution < -0.4 is 15.4 Å². The number of aryl methyl sites for hydroxylation is 1. The third-order valence-electron chi connectivity index (χ3n) is 4.60. The monoisotopic (exact) mass is 423 g/mol. The molecular formula is C23H25N3O3S. The Balaban J connectivity index is 1.76. The zero-order valence-corrected chi connectivity index (χ0v) is 18.3. The van der Waals surface area contributed by atoms with E-state index in [9.17, 15) is 9.59 Å². The molecule has 2 amide bonds. The number of pyridine rings is 1. The second kappa shape index (κ2) is 9.63. The van der Waals surface area contributed by atoms with E-state index in [1.165, 1.54) is 18.7 Å². The second-order valence-corrected chi connectivity index (χ2v) is 8.12. The molecule has 2 N–H and O–H groups in total. The molecule has 0 aliphatic heterocycles. The second-order valence-electron chi connectivity index (χ2n) is 6.90. The summed E-state index contributed by atoms with van der Waals surface area (Å²) in [6.07, 6.45) is 0.658. The minimum Gasteiger partial charge on any atom is -0.494 e. The van der Waals surface area contributed by atoms with Crippen molar-refractivity contribution in [3.63, 3.8) is 0 Å². The molecule has 0 saturated heterocycles. The van der Waals surface area contributed by atoms with Gasteiger partial charge in [-0.3, -0.25) is 9.59 Å². The Bertz CT molecular complexity index is 1070. The van der Waals surface area contributed by atoms with Crippen molar-refractivity contribution in [1.29, 1.82) is 0 Å². The molecule has 2 aromatic carbocycles. The average Bonchev–Trinajstić information content (AvgIpc) is 2.72. The predicted octanol–water partition coefficient (Wildman–Crippen LogP) is 5.02. The maximum absolute atomic E-state index is 12.8. The average molecular weight is 424 g/mol. The molecule has 0 aliphatic carbocycles. The van der Waals surface area contributed by atoms with Gasteiger partial charge in [0.2, 0.25) is 11.8 Å². The molecule has 0 radical (unpaired) electrons. The zero-order chi connectivity index (χ0) is 21.7. The van der Waals surface area contributed by atoms with Crippen LogP contribution in [-0.4, -0.2) is 29.2 Å². The number of aromatic nitrogens is 1. The smallest absolute Gasteiger partial charge is 0.237 e. The highest BCUT2D eigenvalue weighted by atomic mass is 32.2. The lowest BCUT2D eigenvalue weighted by atomic mass is 10.1. The van der Waals surface area contributed by atoms with Crippen LogP contribution in [0.25, 0.3) is 10.9 Å². The molecule has 7 heteroatoms. The van der Waals surface area contributed by atoms with E-state index in [-0.39, 0.29) is 17.1 Å². The van der Waals surface area contributed by atoms with Gasteiger partial charge in [-0.05, 0) is 55.3 Å². The van der Waals surface area contributed by atoms with E-state index in [4.69, 9.17) is 9.72 Å². The number of fused-ring (bicyclic) bond motifs is 1. The van der Waals surface area contributed by atoms with Crippen molar-refractivity contribution in [3.8, 4) is 5.75 Å². The lowest BCUT2D eigenvalue weighted by Crippen LogP contribution is -2.24. The first-order valence-corrected chi connectivity index (χ1v) is 10.6. The van der Waals surface area contributed by atoms with Crippen LogP contribution in [0.1, 0.15) is 25.8 Å². The van der Waals surface area contributed by atoms with Crippen molar-refractivity contribution in [1.82, 2.24) is 4.98 Å². The van der Waals surface area contributed by atoms with Crippen LogP contribution in [0.4, 0.5) is 11.4 Å². The Morgan fingerprint density at radius 2 is 1.77 bits per heavy atom. The first-order valence-electron chi connectivity index (χ1n) is 9.70. The van der Waals surface area contributed by atoms with Crippen molar-refractivity contribution in [2.24, 2.45) is 0 Å². The number of ether oxygens (including phenoxy) is 1. The number of para-hydroxylation sites is 1. The van der Waals surface area contributed by atoms with Crippen molar-refractivity contribution in [2.45, 2.75) is 37.5 Å². The van der Waals surface area contributed by atoms with Crippen molar-refractivity contribution in [3.05, 3.63) is 54.1 Å². The molecule has 0 saturated carbocycles. The highest BCUT2D eigenvalue weighted by Crippen LogP contribution is 2.32. The Labute approximate surface area is 180 Å². The van der Waals surface area contributed by atoms with Crippen LogP contribution in [0.15, 0.2) is 53.6 Å². The molecule has 1 aromatic heterocycles. The summed E-state index contributed by atoms with van der Waals surface area (Å²) < 4.78 is 5.45. The summed E-state index contributed by atoms with van der Waals surface area (Å²) >= 11 is 1.44. The molecule has 3 aromatic rings. The zero-order valence-electron chi connectivity index (χ0n) is 17.5. The van der Waals surface area contributed by atoms with E-state index in [0.717, 1.165) is 27.2 Å². The number of hydrogen-bond acceptors (Lipinski definition) is 5. The van der Waals surface area contributed by atoms with Gasteiger partial charge in [-0.1, -0.05) is 30.8 Å². The van der Waals surface area contributed by atoms with Gasteiger partial charge in [-0.2, -0.15) is 0 Å². The van der Waals surface area contributed by atoms with Crippen molar-refractivity contribution in [2.75, 3.05) is 17.7 Å². The van der Waals surface area contributed by atoms with Crippen LogP contribution in [0, 0.1) is 6.92 Å². The topological polar surface area (TPSA) is 80.3 Å². The molecule has 1 heterocycles. The summed E-state index contributed by atoms with van der Waals surface area (Å²) in [4.78, 5) is 28.7. The first kappa shape index (κ1) is 21.6. The molecule has 0 spiro atoms. The van der Waals surface area contributed by atoms with Gasteiger partial charge in [0.05, 0.1) is 17.4 Å². The lowest BCUT2D eigenvalue weighted by Gasteiger charge is -2.16. The quantitative estimate of drug-likeness (QED) is 0.522. The molecule has 0 aliphatic rings. The SMILES string of the molecule is CCC(Sc1cc(C)c2cccc(OC)c2n1)C(=O)Nc1ccc(NC(C)=O)cc1. The maximum Gasteiger partial charge on any atom is 0.237 e. The molecule has 1 atom stereocenters. The minimum atomic E-state index is -0.293. The fraction of sp³-hybridized carbons (Fsp3) is 0.261. The van der Waals surface area contributed by atoms with Gasteiger partial charge in [0.1, 0.15) is 11.3 Å². The van der Waals surface area contributed by atoms with E-state index < -0.39 is 0 Å². The van der Waals surface area contributed by atoms with Gasteiger partial charge in [-0.15, -0.1) is 0 Å². The van der Waals surface area contributed by atoms with Crippen LogP contribution in [0.3, 0.4) is 0 Å². The maximum atomic E-state index is 12.8. The van der Waals surface area contributed by atoms with Crippen LogP contribution in [-0.2, 0) is 9.59 Å². The molecule has 1 unspecified atom stereocenters. The normalized spacial score (nSPS) is 11.7. The molecule has 3 rings (SSSR count). The molecule has 0 bridgehead atoms. The van der Waals surface area contributed by atoms with Gasteiger partial charge in [0, 0.05) is 23.7 Å². The van der Waals surface area contributed by atoms with Gasteiger partial charge in [-0.25, -0.2) is 4.98 Å². The standard InChI is InChI=1S/C23H25N3O3S/c1-5-20(23(28)25-17-11-9-16(10-12-17)24-15(3)27)30-21-13-14(2)18-7-6-8-19(29-4)22(18)26-21/h6-13,20H,5H2,1-4H3,(H,24,27)(H,25,28). The summed E-state index contributed by atoms with van der Waals surface area (Å²) in [7, 11) is 1.63. The number of carbonyl (C=O) groups excluding carboxylic acids is 2. The summed E-state index contributed by atoms with van der Waals surface area (Å²) in [5.74, 6) is 0.494. The fourth-order valence-electron chi connectivity index (χ4n) is 3.12. The number of amides is 2. The number of benzene rings is 2. The molecule has 6 nitrogen and oxygen atoms in total. The van der Waals surface area contributed by atoms with Gasteiger partial charge in [0.25, 0.3) is 0 Å². The van der Waals surface area contributed by atoms with E-state index in [1.54, 1.807) is 31.4 Å². The summed E-state index contributed by atoms with van der Waals surface area (Å²) in [5.41, 5.74) is 3.25. The number of hydrogen-bond donors (Lipinski definition) is 2. The lowest BCUT2D eigenvalue weighted by molar-refractivity contribution is -0.116.